The van der Waals surface area contributed by atoms with Crippen molar-refractivity contribution in [3.05, 3.63) is 0 Å². The standard InChI is InChI=1S/C14H29N3S/c1-4-12(2)16-6-8-17(9-7-16)14(11-15)5-10-18-13(14)3/h12-13H,4-11,15H2,1-3H3. The molecule has 0 aromatic carbocycles. The number of thioether (sulfide) groups is 1. The summed E-state index contributed by atoms with van der Waals surface area (Å²) in [6, 6.07) is 0.733. The highest BCUT2D eigenvalue weighted by atomic mass is 32.2. The number of rotatable bonds is 4. The van der Waals surface area contributed by atoms with E-state index in [1.54, 1.807) is 0 Å². The second-order valence-electron chi connectivity index (χ2n) is 5.85. The monoisotopic (exact) mass is 271 g/mol. The molecule has 3 atom stereocenters. The highest BCUT2D eigenvalue weighted by Gasteiger charge is 2.45. The topological polar surface area (TPSA) is 32.5 Å². The van der Waals surface area contributed by atoms with E-state index in [2.05, 4.69) is 42.3 Å². The lowest BCUT2D eigenvalue weighted by molar-refractivity contribution is 0.0251. The van der Waals surface area contributed by atoms with Gasteiger partial charge in [-0.25, -0.2) is 0 Å². The van der Waals surface area contributed by atoms with Gasteiger partial charge < -0.3 is 5.73 Å². The molecule has 2 saturated heterocycles. The smallest absolute Gasteiger partial charge is 0.0456 e. The van der Waals surface area contributed by atoms with Crippen LogP contribution in [-0.2, 0) is 0 Å². The predicted octanol–water partition coefficient (Wildman–Crippen LogP) is 1.63. The van der Waals surface area contributed by atoms with Gasteiger partial charge in [0.2, 0.25) is 0 Å². The van der Waals surface area contributed by atoms with Gasteiger partial charge in [0.25, 0.3) is 0 Å². The van der Waals surface area contributed by atoms with Gasteiger partial charge in [0.1, 0.15) is 0 Å². The van der Waals surface area contributed by atoms with Crippen LogP contribution in [0.1, 0.15) is 33.6 Å². The second kappa shape index (κ2) is 6.12. The number of nitrogens with zero attached hydrogens (tertiary/aromatic N) is 2. The van der Waals surface area contributed by atoms with Gasteiger partial charge in [-0.1, -0.05) is 13.8 Å². The van der Waals surface area contributed by atoms with E-state index in [0.29, 0.717) is 5.25 Å². The van der Waals surface area contributed by atoms with Gasteiger partial charge in [0.05, 0.1) is 0 Å². The molecule has 2 fully saturated rings. The Labute approximate surface area is 116 Å². The van der Waals surface area contributed by atoms with E-state index < -0.39 is 0 Å². The van der Waals surface area contributed by atoms with Gasteiger partial charge in [-0.15, -0.1) is 0 Å². The van der Waals surface area contributed by atoms with Crippen molar-refractivity contribution in [3.63, 3.8) is 0 Å². The molecule has 2 N–H and O–H groups in total. The number of hydrogen-bond acceptors (Lipinski definition) is 4. The molecule has 0 bridgehead atoms. The maximum absolute atomic E-state index is 6.14. The minimum atomic E-state index is 0.284. The quantitative estimate of drug-likeness (QED) is 0.842. The van der Waals surface area contributed by atoms with Gasteiger partial charge in [-0.2, -0.15) is 11.8 Å². The van der Waals surface area contributed by atoms with Crippen LogP contribution in [0.5, 0.6) is 0 Å². The highest BCUT2D eigenvalue weighted by Crippen LogP contribution is 2.40. The Kier molecular flexibility index (Phi) is 4.98. The van der Waals surface area contributed by atoms with Crippen LogP contribution < -0.4 is 5.73 Å². The molecule has 106 valence electrons. The Morgan fingerprint density at radius 1 is 1.33 bits per heavy atom. The Morgan fingerprint density at radius 2 is 2.00 bits per heavy atom. The van der Waals surface area contributed by atoms with Crippen molar-refractivity contribution in [2.75, 3.05) is 38.5 Å². The number of nitrogens with two attached hydrogens (primary N) is 1. The molecule has 2 aliphatic heterocycles. The Hall–Kier alpha value is 0.230. The molecule has 3 nitrogen and oxygen atoms in total. The molecule has 2 rings (SSSR count). The summed E-state index contributed by atoms with van der Waals surface area (Å²) in [7, 11) is 0. The molecule has 0 spiro atoms. The summed E-state index contributed by atoms with van der Waals surface area (Å²) in [6.07, 6.45) is 2.53. The van der Waals surface area contributed by atoms with Gasteiger partial charge in [-0.3, -0.25) is 9.80 Å². The third kappa shape index (κ3) is 2.58. The first-order valence-electron chi connectivity index (χ1n) is 7.45. The molecule has 0 saturated carbocycles. The van der Waals surface area contributed by atoms with Crippen LogP contribution in [0.3, 0.4) is 0 Å². The lowest BCUT2D eigenvalue weighted by atomic mass is 9.89. The van der Waals surface area contributed by atoms with Crippen molar-refractivity contribution in [1.82, 2.24) is 9.80 Å². The fourth-order valence-corrected chi connectivity index (χ4v) is 4.95. The van der Waals surface area contributed by atoms with Crippen LogP contribution in [0.25, 0.3) is 0 Å². The zero-order chi connectivity index (χ0) is 13.2. The fourth-order valence-electron chi connectivity index (χ4n) is 3.45. The average Bonchev–Trinajstić information content (AvgIpc) is 2.80. The van der Waals surface area contributed by atoms with E-state index in [1.807, 2.05) is 0 Å². The third-order valence-corrected chi connectivity index (χ3v) is 6.55. The van der Waals surface area contributed by atoms with E-state index in [1.165, 1.54) is 44.8 Å². The van der Waals surface area contributed by atoms with Gasteiger partial charge >= 0.3 is 0 Å². The molecule has 2 aliphatic rings. The maximum Gasteiger partial charge on any atom is 0.0456 e. The summed E-state index contributed by atoms with van der Waals surface area (Å²) in [5.41, 5.74) is 6.43. The highest BCUT2D eigenvalue weighted by molar-refractivity contribution is 8.00. The summed E-state index contributed by atoms with van der Waals surface area (Å²) in [5.74, 6) is 1.28. The Balaban J connectivity index is 1.96. The molecule has 0 aliphatic carbocycles. The van der Waals surface area contributed by atoms with Crippen LogP contribution in [0.4, 0.5) is 0 Å². The zero-order valence-corrected chi connectivity index (χ0v) is 13.0. The normalized spacial score (nSPS) is 37.0. The lowest BCUT2D eigenvalue weighted by Gasteiger charge is -2.48. The van der Waals surface area contributed by atoms with Gasteiger partial charge in [0, 0.05) is 49.6 Å². The van der Waals surface area contributed by atoms with Crippen LogP contribution in [0.15, 0.2) is 0 Å². The third-order valence-electron chi connectivity index (χ3n) is 5.17. The van der Waals surface area contributed by atoms with Crippen molar-refractivity contribution in [2.24, 2.45) is 5.73 Å². The van der Waals surface area contributed by atoms with Crippen molar-refractivity contribution < 1.29 is 0 Å². The molecule has 2 heterocycles. The SMILES string of the molecule is CCC(C)N1CCN(C2(CN)CCSC2C)CC1. The van der Waals surface area contributed by atoms with E-state index in [4.69, 9.17) is 5.73 Å². The van der Waals surface area contributed by atoms with Crippen LogP contribution in [-0.4, -0.2) is 65.1 Å². The summed E-state index contributed by atoms with van der Waals surface area (Å²) >= 11 is 2.10. The summed E-state index contributed by atoms with van der Waals surface area (Å²) < 4.78 is 0. The van der Waals surface area contributed by atoms with Gasteiger partial charge in [0.15, 0.2) is 0 Å². The summed E-state index contributed by atoms with van der Waals surface area (Å²) in [5, 5.41) is 0.692. The molecular formula is C14H29N3S. The largest absolute Gasteiger partial charge is 0.329 e. The molecule has 0 aromatic rings. The second-order valence-corrected chi connectivity index (χ2v) is 7.30. The van der Waals surface area contributed by atoms with Crippen molar-refractivity contribution >= 4 is 11.8 Å². The molecule has 0 amide bonds. The number of hydrogen-bond donors (Lipinski definition) is 1. The minimum Gasteiger partial charge on any atom is -0.329 e. The zero-order valence-electron chi connectivity index (χ0n) is 12.2. The molecular weight excluding hydrogens is 242 g/mol. The molecule has 4 heteroatoms. The summed E-state index contributed by atoms with van der Waals surface area (Å²) in [6.45, 7) is 12.7. The molecule has 0 aromatic heterocycles. The van der Waals surface area contributed by atoms with Crippen molar-refractivity contribution in [1.29, 1.82) is 0 Å². The average molecular weight is 271 g/mol. The van der Waals surface area contributed by atoms with Gasteiger partial charge in [-0.05, 0) is 25.5 Å². The van der Waals surface area contributed by atoms with Crippen molar-refractivity contribution in [3.8, 4) is 0 Å². The van der Waals surface area contributed by atoms with E-state index in [9.17, 15) is 0 Å². The Bertz CT molecular complexity index is 266. The summed E-state index contributed by atoms with van der Waals surface area (Å²) in [4.78, 5) is 5.32. The number of piperazine rings is 1. The molecule has 0 radical (unpaired) electrons. The molecule has 18 heavy (non-hydrogen) atoms. The first-order chi connectivity index (χ1) is 8.64. The molecule has 3 unspecified atom stereocenters. The van der Waals surface area contributed by atoms with Crippen LogP contribution in [0.2, 0.25) is 0 Å². The first-order valence-corrected chi connectivity index (χ1v) is 8.49. The van der Waals surface area contributed by atoms with Crippen LogP contribution >= 0.6 is 11.8 Å². The lowest BCUT2D eigenvalue weighted by Crippen LogP contribution is -2.63. The van der Waals surface area contributed by atoms with E-state index in [0.717, 1.165) is 12.6 Å². The Morgan fingerprint density at radius 3 is 2.44 bits per heavy atom. The van der Waals surface area contributed by atoms with Crippen LogP contribution in [0, 0.1) is 0 Å². The van der Waals surface area contributed by atoms with Crippen molar-refractivity contribution in [2.45, 2.75) is 50.4 Å². The first kappa shape index (κ1) is 14.6. The van der Waals surface area contributed by atoms with E-state index in [-0.39, 0.29) is 5.54 Å². The maximum atomic E-state index is 6.14. The minimum absolute atomic E-state index is 0.284. The van der Waals surface area contributed by atoms with E-state index >= 15 is 0 Å². The fraction of sp³-hybridized carbons (Fsp3) is 1.00. The predicted molar refractivity (Wildman–Crippen MR) is 81.2 cm³/mol.